The van der Waals surface area contributed by atoms with Gasteiger partial charge in [0.05, 0.1) is 10.5 Å². The summed E-state index contributed by atoms with van der Waals surface area (Å²) in [5, 5.41) is 4.38. The summed E-state index contributed by atoms with van der Waals surface area (Å²) in [7, 11) is 0. The van der Waals surface area contributed by atoms with Crippen LogP contribution < -0.4 is 5.32 Å². The second-order valence-electron chi connectivity index (χ2n) is 6.89. The first-order chi connectivity index (χ1) is 13.3. The average Bonchev–Trinajstić information content (AvgIpc) is 3.20. The number of hydrogen-bond donors (Lipinski definition) is 3. The van der Waals surface area contributed by atoms with Gasteiger partial charge in [-0.2, -0.15) is 0 Å². The number of carbonyl (C=O) groups excluding carboxylic acids is 1. The van der Waals surface area contributed by atoms with Crippen LogP contribution in [0.1, 0.15) is 27.3 Å². The van der Waals surface area contributed by atoms with E-state index in [1.807, 2.05) is 13.8 Å². The zero-order chi connectivity index (χ0) is 20.0. The van der Waals surface area contributed by atoms with Crippen molar-refractivity contribution in [1.82, 2.24) is 15.3 Å². The standard InChI is InChI=1S/C21H18ClF2N3O/c1-10-3-4-15(23)20-19(10)13(11(2)26-20)5-6-25-21(28)18-8-12-7-14(22)16(24)9-17(12)27-18/h3-4,7-9,26-27H,5-6H2,1-2H3,(H,25,28). The highest BCUT2D eigenvalue weighted by atomic mass is 35.5. The molecule has 0 aliphatic carbocycles. The van der Waals surface area contributed by atoms with E-state index in [4.69, 9.17) is 11.6 Å². The Hall–Kier alpha value is -2.86. The Kier molecular flexibility index (Phi) is 4.59. The van der Waals surface area contributed by atoms with E-state index in [0.717, 1.165) is 22.2 Å². The quantitative estimate of drug-likeness (QED) is 0.434. The predicted molar refractivity (Wildman–Crippen MR) is 107 cm³/mol. The first kappa shape index (κ1) is 18.5. The lowest BCUT2D eigenvalue weighted by atomic mass is 10.0. The largest absolute Gasteiger partial charge is 0.356 e. The molecule has 144 valence electrons. The molecule has 0 fully saturated rings. The van der Waals surface area contributed by atoms with Gasteiger partial charge in [0, 0.05) is 28.5 Å². The normalized spacial score (nSPS) is 11.5. The highest BCUT2D eigenvalue weighted by molar-refractivity contribution is 6.31. The van der Waals surface area contributed by atoms with Gasteiger partial charge in [-0.15, -0.1) is 0 Å². The van der Waals surface area contributed by atoms with Crippen LogP contribution in [0.25, 0.3) is 21.8 Å². The summed E-state index contributed by atoms with van der Waals surface area (Å²) >= 11 is 5.78. The predicted octanol–water partition coefficient (Wildman–Crippen LogP) is 5.17. The van der Waals surface area contributed by atoms with E-state index in [1.54, 1.807) is 12.1 Å². The average molecular weight is 402 g/mol. The van der Waals surface area contributed by atoms with E-state index in [1.165, 1.54) is 18.2 Å². The zero-order valence-electron chi connectivity index (χ0n) is 15.3. The summed E-state index contributed by atoms with van der Waals surface area (Å²) in [6.45, 7) is 4.21. The van der Waals surface area contributed by atoms with Gasteiger partial charge in [-0.3, -0.25) is 4.79 Å². The summed E-state index contributed by atoms with van der Waals surface area (Å²) < 4.78 is 27.6. The summed E-state index contributed by atoms with van der Waals surface area (Å²) in [4.78, 5) is 18.4. The van der Waals surface area contributed by atoms with E-state index < -0.39 is 5.82 Å². The number of fused-ring (bicyclic) bond motifs is 2. The molecular formula is C21H18ClF2N3O. The van der Waals surface area contributed by atoms with E-state index in [9.17, 15) is 13.6 Å². The van der Waals surface area contributed by atoms with Crippen molar-refractivity contribution in [3.8, 4) is 0 Å². The molecule has 0 bridgehead atoms. The molecule has 28 heavy (non-hydrogen) atoms. The first-order valence-electron chi connectivity index (χ1n) is 8.87. The maximum atomic E-state index is 14.0. The van der Waals surface area contributed by atoms with Gasteiger partial charge in [0.1, 0.15) is 17.3 Å². The lowest BCUT2D eigenvalue weighted by Gasteiger charge is -2.06. The minimum atomic E-state index is -0.541. The second-order valence-corrected chi connectivity index (χ2v) is 7.29. The van der Waals surface area contributed by atoms with Crippen molar-refractivity contribution in [3.05, 3.63) is 69.5 Å². The Balaban J connectivity index is 1.51. The lowest BCUT2D eigenvalue weighted by molar-refractivity contribution is 0.0950. The van der Waals surface area contributed by atoms with Crippen molar-refractivity contribution in [2.75, 3.05) is 6.54 Å². The first-order valence-corrected chi connectivity index (χ1v) is 9.25. The topological polar surface area (TPSA) is 60.7 Å². The highest BCUT2D eigenvalue weighted by Crippen LogP contribution is 2.28. The molecule has 2 heterocycles. The third kappa shape index (κ3) is 3.14. The zero-order valence-corrected chi connectivity index (χ0v) is 16.1. The second kappa shape index (κ2) is 6.95. The fourth-order valence-corrected chi connectivity index (χ4v) is 3.77. The Morgan fingerprint density at radius 3 is 2.68 bits per heavy atom. The van der Waals surface area contributed by atoms with Gasteiger partial charge in [0.25, 0.3) is 5.91 Å². The molecule has 0 aliphatic heterocycles. The number of aryl methyl sites for hydroxylation is 2. The van der Waals surface area contributed by atoms with Gasteiger partial charge in [-0.25, -0.2) is 8.78 Å². The van der Waals surface area contributed by atoms with E-state index >= 15 is 0 Å². The minimum Gasteiger partial charge on any atom is -0.356 e. The molecule has 2 aromatic carbocycles. The van der Waals surface area contributed by atoms with Crippen molar-refractivity contribution in [1.29, 1.82) is 0 Å². The number of nitrogens with one attached hydrogen (secondary N) is 3. The fourth-order valence-electron chi connectivity index (χ4n) is 3.60. The van der Waals surface area contributed by atoms with Crippen LogP contribution >= 0.6 is 11.6 Å². The maximum absolute atomic E-state index is 14.0. The molecule has 4 nitrogen and oxygen atoms in total. The Morgan fingerprint density at radius 1 is 1.11 bits per heavy atom. The van der Waals surface area contributed by atoms with Crippen LogP contribution in [-0.2, 0) is 6.42 Å². The number of benzene rings is 2. The molecule has 4 aromatic rings. The molecule has 0 unspecified atom stereocenters. The molecule has 2 aromatic heterocycles. The van der Waals surface area contributed by atoms with Crippen molar-refractivity contribution in [2.24, 2.45) is 0 Å². The van der Waals surface area contributed by atoms with Gasteiger partial charge >= 0.3 is 0 Å². The van der Waals surface area contributed by atoms with Gasteiger partial charge < -0.3 is 15.3 Å². The molecular weight excluding hydrogens is 384 g/mol. The Labute approximate surface area is 164 Å². The van der Waals surface area contributed by atoms with Gasteiger partial charge in [-0.1, -0.05) is 17.7 Å². The molecule has 0 saturated heterocycles. The molecule has 7 heteroatoms. The number of aromatic nitrogens is 2. The van der Waals surface area contributed by atoms with Crippen LogP contribution in [0.3, 0.4) is 0 Å². The maximum Gasteiger partial charge on any atom is 0.267 e. The van der Waals surface area contributed by atoms with E-state index in [0.29, 0.717) is 35.1 Å². The molecule has 0 aliphatic rings. The van der Waals surface area contributed by atoms with Crippen molar-refractivity contribution in [3.63, 3.8) is 0 Å². The fraction of sp³-hybridized carbons (Fsp3) is 0.190. The van der Waals surface area contributed by atoms with Gasteiger partial charge in [0.2, 0.25) is 0 Å². The van der Waals surface area contributed by atoms with Crippen LogP contribution in [0, 0.1) is 25.5 Å². The number of carbonyl (C=O) groups is 1. The van der Waals surface area contributed by atoms with Crippen LogP contribution in [0.2, 0.25) is 5.02 Å². The minimum absolute atomic E-state index is 0.0101. The SMILES string of the molecule is Cc1[nH]c2c(F)ccc(C)c2c1CCNC(=O)c1cc2cc(Cl)c(F)cc2[nH]1. The lowest BCUT2D eigenvalue weighted by Crippen LogP contribution is -2.26. The number of H-pyrrole nitrogens is 2. The van der Waals surface area contributed by atoms with Crippen molar-refractivity contribution < 1.29 is 13.6 Å². The van der Waals surface area contributed by atoms with E-state index in [2.05, 4.69) is 15.3 Å². The monoisotopic (exact) mass is 401 g/mol. The van der Waals surface area contributed by atoms with Gasteiger partial charge in [0.15, 0.2) is 0 Å². The molecule has 0 saturated carbocycles. The molecule has 0 radical (unpaired) electrons. The molecule has 1 amide bonds. The number of halogens is 3. The number of amides is 1. The smallest absolute Gasteiger partial charge is 0.267 e. The molecule has 4 rings (SSSR count). The van der Waals surface area contributed by atoms with Crippen molar-refractivity contribution >= 4 is 39.3 Å². The summed E-state index contributed by atoms with van der Waals surface area (Å²) in [6, 6.07) is 7.57. The Bertz CT molecular complexity index is 1190. The van der Waals surface area contributed by atoms with Crippen LogP contribution in [-0.4, -0.2) is 22.4 Å². The van der Waals surface area contributed by atoms with Crippen molar-refractivity contribution in [2.45, 2.75) is 20.3 Å². The Morgan fingerprint density at radius 2 is 1.89 bits per heavy atom. The van der Waals surface area contributed by atoms with Crippen LogP contribution in [0.5, 0.6) is 0 Å². The van der Waals surface area contributed by atoms with E-state index in [-0.39, 0.29) is 16.7 Å². The molecule has 0 atom stereocenters. The summed E-state index contributed by atoms with van der Waals surface area (Å²) in [5.41, 5.74) is 4.18. The van der Waals surface area contributed by atoms with Crippen LogP contribution in [0.4, 0.5) is 8.78 Å². The van der Waals surface area contributed by atoms with Gasteiger partial charge in [-0.05, 0) is 55.7 Å². The molecule has 0 spiro atoms. The molecule has 3 N–H and O–H groups in total. The summed E-state index contributed by atoms with van der Waals surface area (Å²) in [6.07, 6.45) is 0.558. The number of hydrogen-bond acceptors (Lipinski definition) is 1. The number of rotatable bonds is 4. The number of aromatic amines is 2. The highest BCUT2D eigenvalue weighted by Gasteiger charge is 2.15. The third-order valence-electron chi connectivity index (χ3n) is 5.00. The third-order valence-corrected chi connectivity index (χ3v) is 5.29. The van der Waals surface area contributed by atoms with Crippen LogP contribution in [0.15, 0.2) is 30.3 Å². The summed E-state index contributed by atoms with van der Waals surface area (Å²) in [5.74, 6) is -1.13.